The minimum absolute atomic E-state index is 0.173. The van der Waals surface area contributed by atoms with Crippen molar-refractivity contribution in [2.45, 2.75) is 0 Å². The molecule has 29 heavy (non-hydrogen) atoms. The Morgan fingerprint density at radius 2 is 1.93 bits per heavy atom. The maximum Gasteiger partial charge on any atom is 0.356 e. The van der Waals surface area contributed by atoms with Gasteiger partial charge in [0, 0.05) is 12.1 Å². The van der Waals surface area contributed by atoms with Crippen LogP contribution >= 0.6 is 0 Å². The van der Waals surface area contributed by atoms with Gasteiger partial charge >= 0.3 is 5.97 Å². The molecule has 0 spiro atoms. The predicted octanol–water partition coefficient (Wildman–Crippen LogP) is 2.13. The summed E-state index contributed by atoms with van der Waals surface area (Å²) < 4.78 is 26.4. The minimum Gasteiger partial charge on any atom is -0.497 e. The average molecular weight is 395 g/mol. The van der Waals surface area contributed by atoms with Crippen LogP contribution < -0.4 is 20.3 Å². The molecular weight excluding hydrogens is 378 g/mol. The molecule has 0 unspecified atom stereocenters. The van der Waals surface area contributed by atoms with Crippen molar-refractivity contribution in [3.8, 4) is 28.8 Å². The number of esters is 1. The number of carbonyl (C=O) groups excluding carboxylic acids is 1. The zero-order chi connectivity index (χ0) is 20.5. The Labute approximate surface area is 164 Å². The standard InChI is InChI=1S/C21H17NO7/c1-25-12-4-5-17(26-2)14(8-12)18-7-11(20(23)29-18)6-13-9-15-19(28-13)10-16(22-15)21(24)27-3/h4-10,23H,1-3H3/b13-6+. The Kier molecular flexibility index (Phi) is 4.59. The van der Waals surface area contributed by atoms with Gasteiger partial charge in [0.25, 0.3) is 5.95 Å². The monoisotopic (exact) mass is 395 g/mol. The van der Waals surface area contributed by atoms with Crippen molar-refractivity contribution in [3.63, 3.8) is 0 Å². The molecule has 0 amide bonds. The fourth-order valence-electron chi connectivity index (χ4n) is 2.96. The van der Waals surface area contributed by atoms with E-state index >= 15 is 0 Å². The van der Waals surface area contributed by atoms with Crippen molar-refractivity contribution in [2.24, 2.45) is 4.99 Å². The Balaban J connectivity index is 1.71. The van der Waals surface area contributed by atoms with Crippen LogP contribution in [0.3, 0.4) is 0 Å². The van der Waals surface area contributed by atoms with Gasteiger partial charge in [0.05, 0.1) is 32.5 Å². The summed E-state index contributed by atoms with van der Waals surface area (Å²) >= 11 is 0. The maximum atomic E-state index is 11.5. The topological polar surface area (TPSA) is 104 Å². The summed E-state index contributed by atoms with van der Waals surface area (Å²) in [6, 6.07) is 8.58. The highest BCUT2D eigenvalue weighted by Crippen LogP contribution is 2.37. The first kappa shape index (κ1) is 18.4. The number of hydrogen-bond donors (Lipinski definition) is 1. The van der Waals surface area contributed by atoms with E-state index < -0.39 is 5.97 Å². The van der Waals surface area contributed by atoms with E-state index in [2.05, 4.69) is 9.73 Å². The first-order valence-electron chi connectivity index (χ1n) is 8.58. The first-order valence-corrected chi connectivity index (χ1v) is 8.58. The first-order chi connectivity index (χ1) is 14.0. The van der Waals surface area contributed by atoms with Crippen LogP contribution in [0.25, 0.3) is 23.5 Å². The Morgan fingerprint density at radius 1 is 1.10 bits per heavy atom. The summed E-state index contributed by atoms with van der Waals surface area (Å²) in [7, 11) is 4.39. The van der Waals surface area contributed by atoms with Crippen molar-refractivity contribution in [3.05, 3.63) is 46.7 Å². The maximum absolute atomic E-state index is 11.5. The Bertz CT molecular complexity index is 1250. The number of furan rings is 2. The second-order valence-corrected chi connectivity index (χ2v) is 6.11. The number of hydrogen-bond acceptors (Lipinski definition) is 8. The lowest BCUT2D eigenvalue weighted by molar-refractivity contribution is -0.132. The Hall–Kier alpha value is -3.94. The number of rotatable bonds is 5. The van der Waals surface area contributed by atoms with Gasteiger partial charge in [-0.05, 0) is 30.3 Å². The molecule has 0 saturated carbocycles. The van der Waals surface area contributed by atoms with E-state index in [9.17, 15) is 9.90 Å². The number of aromatic hydroxyl groups is 1. The third-order valence-corrected chi connectivity index (χ3v) is 4.37. The van der Waals surface area contributed by atoms with Gasteiger partial charge in [-0.3, -0.25) is 0 Å². The van der Waals surface area contributed by atoms with E-state index in [-0.39, 0.29) is 11.7 Å². The van der Waals surface area contributed by atoms with Gasteiger partial charge in [-0.1, -0.05) is 0 Å². The summed E-state index contributed by atoms with van der Waals surface area (Å²) in [4.78, 5) is 15.7. The molecule has 148 valence electrons. The van der Waals surface area contributed by atoms with E-state index in [1.807, 2.05) is 0 Å². The van der Waals surface area contributed by atoms with E-state index in [0.29, 0.717) is 44.9 Å². The lowest BCUT2D eigenvalue weighted by Crippen LogP contribution is -2.12. The third-order valence-electron chi connectivity index (χ3n) is 4.37. The van der Waals surface area contributed by atoms with Gasteiger partial charge in [0.1, 0.15) is 28.4 Å². The number of methoxy groups -OCH3 is 3. The molecule has 2 aromatic heterocycles. The highest BCUT2D eigenvalue weighted by molar-refractivity contribution is 6.49. The summed E-state index contributed by atoms with van der Waals surface area (Å²) in [6.07, 6.45) is 3.11. The van der Waals surface area contributed by atoms with Crippen molar-refractivity contribution < 1.29 is 32.9 Å². The van der Waals surface area contributed by atoms with Crippen LogP contribution in [0.15, 0.2) is 44.2 Å². The fraction of sp³-hybridized carbons (Fsp3) is 0.143. The highest BCUT2D eigenvalue weighted by atomic mass is 16.5. The third kappa shape index (κ3) is 3.36. The lowest BCUT2D eigenvalue weighted by atomic mass is 10.1. The van der Waals surface area contributed by atoms with E-state index in [4.69, 9.17) is 18.3 Å². The zero-order valence-corrected chi connectivity index (χ0v) is 15.9. The fourth-order valence-corrected chi connectivity index (χ4v) is 2.96. The summed E-state index contributed by atoms with van der Waals surface area (Å²) in [6.45, 7) is 0. The van der Waals surface area contributed by atoms with Gasteiger partial charge in [-0.25, -0.2) is 9.79 Å². The number of fused-ring (bicyclic) bond motifs is 1. The minimum atomic E-state index is -0.536. The SMILES string of the molecule is COC(=O)C1=Nc2c/c(=C\c3cc(-c4cc(OC)ccc4OC)oc3O)oc2=C1. The summed E-state index contributed by atoms with van der Waals surface area (Å²) in [5.41, 5.74) is 2.60. The smallest absolute Gasteiger partial charge is 0.356 e. The second-order valence-electron chi connectivity index (χ2n) is 6.11. The molecule has 1 aromatic carbocycles. The van der Waals surface area contributed by atoms with Gasteiger partial charge in [0.2, 0.25) is 0 Å². The zero-order valence-electron chi connectivity index (χ0n) is 15.9. The van der Waals surface area contributed by atoms with Crippen LogP contribution in [0.5, 0.6) is 17.4 Å². The van der Waals surface area contributed by atoms with Gasteiger partial charge < -0.3 is 28.2 Å². The van der Waals surface area contributed by atoms with E-state index in [0.717, 1.165) is 0 Å². The van der Waals surface area contributed by atoms with Crippen LogP contribution in [0, 0.1) is 0 Å². The number of aliphatic imine (C=N–C) groups is 1. The molecule has 1 aliphatic heterocycles. The molecule has 3 aromatic rings. The lowest BCUT2D eigenvalue weighted by Gasteiger charge is -2.08. The van der Waals surface area contributed by atoms with Crippen molar-refractivity contribution in [1.82, 2.24) is 0 Å². The molecule has 4 rings (SSSR count). The molecule has 1 N–H and O–H groups in total. The van der Waals surface area contributed by atoms with Crippen LogP contribution in [0.4, 0.5) is 5.69 Å². The molecule has 0 saturated heterocycles. The predicted molar refractivity (Wildman–Crippen MR) is 104 cm³/mol. The molecule has 8 nitrogen and oxygen atoms in total. The van der Waals surface area contributed by atoms with Gasteiger partial charge in [0.15, 0.2) is 11.1 Å². The quantitative estimate of drug-likeness (QED) is 0.660. The Morgan fingerprint density at radius 3 is 2.62 bits per heavy atom. The van der Waals surface area contributed by atoms with Gasteiger partial charge in [-0.15, -0.1) is 0 Å². The second kappa shape index (κ2) is 7.23. The molecule has 0 bridgehead atoms. The van der Waals surface area contributed by atoms with Crippen molar-refractivity contribution in [2.75, 3.05) is 21.3 Å². The molecule has 0 aliphatic carbocycles. The highest BCUT2D eigenvalue weighted by Gasteiger charge is 2.18. The average Bonchev–Trinajstić information content (AvgIpc) is 3.40. The van der Waals surface area contributed by atoms with Crippen LogP contribution in [0.2, 0.25) is 0 Å². The summed E-state index contributed by atoms with van der Waals surface area (Å²) in [5, 5.41) is 10.2. The van der Waals surface area contributed by atoms with E-state index in [1.165, 1.54) is 13.2 Å². The van der Waals surface area contributed by atoms with E-state index in [1.54, 1.807) is 50.6 Å². The largest absolute Gasteiger partial charge is 0.497 e. The van der Waals surface area contributed by atoms with Gasteiger partial charge in [-0.2, -0.15) is 0 Å². The number of nitrogens with zero attached hydrogens (tertiary/aromatic N) is 1. The molecule has 1 aliphatic rings. The molecule has 8 heteroatoms. The molecule has 0 fully saturated rings. The number of carbonyl (C=O) groups is 1. The van der Waals surface area contributed by atoms with Crippen molar-refractivity contribution >= 4 is 29.5 Å². The molecular formula is C21H17NO7. The molecule has 0 atom stereocenters. The number of benzene rings is 1. The number of ether oxygens (including phenoxy) is 3. The van der Waals surface area contributed by atoms with Crippen molar-refractivity contribution in [1.29, 1.82) is 0 Å². The van der Waals surface area contributed by atoms with Crippen LogP contribution in [0.1, 0.15) is 5.56 Å². The van der Waals surface area contributed by atoms with Crippen LogP contribution in [-0.2, 0) is 9.53 Å². The normalized spacial score (nSPS) is 12.9. The molecule has 0 radical (unpaired) electrons. The summed E-state index contributed by atoms with van der Waals surface area (Å²) in [5.74, 6) is 0.790. The molecule has 3 heterocycles. The van der Waals surface area contributed by atoms with Crippen LogP contribution in [-0.4, -0.2) is 38.1 Å².